The number of nitriles is 1. The van der Waals surface area contributed by atoms with E-state index in [-0.39, 0.29) is 15.9 Å². The zero-order chi connectivity index (χ0) is 25.1. The van der Waals surface area contributed by atoms with Gasteiger partial charge in [-0.3, -0.25) is 4.90 Å². The minimum atomic E-state index is -4.03. The first-order valence-electron chi connectivity index (χ1n) is 11.6. The van der Waals surface area contributed by atoms with Gasteiger partial charge in [-0.2, -0.15) is 9.98 Å². The fourth-order valence-corrected chi connectivity index (χ4v) is 6.95. The number of piperazine rings is 1. The summed E-state index contributed by atoms with van der Waals surface area (Å²) < 4.78 is 63.1. The molecule has 36 heavy (non-hydrogen) atoms. The number of fused-ring (bicyclic) bond motifs is 2. The molecule has 14 heteroatoms. The number of ether oxygens (including phenoxy) is 1. The molecule has 6 rings (SSSR count). The number of pyridine rings is 1. The zero-order valence-electron chi connectivity index (χ0n) is 19.1. The Labute approximate surface area is 210 Å². The van der Waals surface area contributed by atoms with Crippen molar-refractivity contribution < 1.29 is 21.9 Å². The number of aromatic nitrogens is 3. The molecule has 2 aliphatic heterocycles. The fourth-order valence-electron chi connectivity index (χ4n) is 4.81. The minimum Gasteiger partial charge on any atom is -0.378 e. The molecule has 10 nitrogen and oxygen atoms in total. The van der Waals surface area contributed by atoms with Crippen molar-refractivity contribution in [1.82, 2.24) is 24.2 Å². The van der Waals surface area contributed by atoms with Gasteiger partial charge in [-0.05, 0) is 31.0 Å². The molecule has 1 aliphatic carbocycles. The van der Waals surface area contributed by atoms with Crippen molar-refractivity contribution in [2.75, 3.05) is 44.3 Å². The standard InChI is InChI=1S/C22H23F2N7O3S2/c23-19(24)21-27-26-20(35-21)16-1-4-31-17(16)9-15(36(32,33)28-22(13-25)2-3-22)10-18(31)30-6-5-29-7-8-34-12-14(29)11-30/h1,4,9-10,14,19,28H,2-3,5-8,11-12H2/t14-/m1/s1. The molecule has 1 atom stereocenters. The first-order valence-corrected chi connectivity index (χ1v) is 13.9. The van der Waals surface area contributed by atoms with E-state index in [0.29, 0.717) is 56.0 Å². The van der Waals surface area contributed by atoms with Gasteiger partial charge < -0.3 is 14.0 Å². The van der Waals surface area contributed by atoms with Crippen LogP contribution < -0.4 is 9.62 Å². The van der Waals surface area contributed by atoms with E-state index in [2.05, 4.69) is 30.8 Å². The highest BCUT2D eigenvalue weighted by atomic mass is 32.2. The number of rotatable bonds is 6. The molecular weight excluding hydrogens is 512 g/mol. The third kappa shape index (κ3) is 4.14. The van der Waals surface area contributed by atoms with Crippen LogP contribution in [0.15, 0.2) is 29.3 Å². The van der Waals surface area contributed by atoms with Gasteiger partial charge in [0, 0.05) is 37.9 Å². The quantitative estimate of drug-likeness (QED) is 0.511. The summed E-state index contributed by atoms with van der Waals surface area (Å²) in [6.45, 7) is 4.30. The first kappa shape index (κ1) is 23.7. The predicted molar refractivity (Wildman–Crippen MR) is 128 cm³/mol. The topological polar surface area (TPSA) is 116 Å². The maximum absolute atomic E-state index is 13.4. The van der Waals surface area contributed by atoms with E-state index in [9.17, 15) is 22.5 Å². The molecule has 3 fully saturated rings. The number of anilines is 1. The fraction of sp³-hybridized carbons (Fsp3) is 0.500. The van der Waals surface area contributed by atoms with Gasteiger partial charge in [-0.15, -0.1) is 10.2 Å². The molecule has 0 amide bonds. The van der Waals surface area contributed by atoms with Crippen molar-refractivity contribution in [1.29, 1.82) is 5.26 Å². The van der Waals surface area contributed by atoms with Crippen LogP contribution in [-0.4, -0.2) is 78.9 Å². The van der Waals surface area contributed by atoms with Crippen molar-refractivity contribution in [2.45, 2.75) is 35.7 Å². The Morgan fingerprint density at radius 2 is 2.08 bits per heavy atom. The smallest absolute Gasteiger partial charge is 0.291 e. The van der Waals surface area contributed by atoms with Crippen molar-refractivity contribution >= 4 is 32.7 Å². The van der Waals surface area contributed by atoms with E-state index in [4.69, 9.17) is 4.74 Å². The number of halogens is 2. The van der Waals surface area contributed by atoms with Crippen molar-refractivity contribution in [3.8, 4) is 16.6 Å². The van der Waals surface area contributed by atoms with Gasteiger partial charge >= 0.3 is 0 Å². The van der Waals surface area contributed by atoms with Gasteiger partial charge in [0.1, 0.15) is 16.4 Å². The largest absolute Gasteiger partial charge is 0.378 e. The lowest BCUT2D eigenvalue weighted by Crippen LogP contribution is -2.58. The number of sulfonamides is 1. The molecule has 3 aromatic heterocycles. The van der Waals surface area contributed by atoms with E-state index < -0.39 is 27.0 Å². The number of nitrogens with zero attached hydrogens (tertiary/aromatic N) is 6. The molecule has 5 heterocycles. The van der Waals surface area contributed by atoms with E-state index in [0.717, 1.165) is 24.4 Å². The normalized spacial score (nSPS) is 22.1. The maximum atomic E-state index is 13.4. The molecule has 0 unspecified atom stereocenters. The van der Waals surface area contributed by atoms with E-state index in [1.807, 2.05) is 4.40 Å². The highest BCUT2D eigenvalue weighted by Gasteiger charge is 2.47. The summed E-state index contributed by atoms with van der Waals surface area (Å²) in [7, 11) is -4.03. The van der Waals surface area contributed by atoms with Gasteiger partial charge in [0.05, 0.1) is 35.7 Å². The number of morpholine rings is 1. The number of hydrogen-bond acceptors (Lipinski definition) is 9. The highest BCUT2D eigenvalue weighted by molar-refractivity contribution is 7.89. The molecule has 0 radical (unpaired) electrons. The molecule has 0 bridgehead atoms. The lowest BCUT2D eigenvalue weighted by molar-refractivity contribution is -0.0118. The zero-order valence-corrected chi connectivity index (χ0v) is 20.7. The van der Waals surface area contributed by atoms with Crippen LogP contribution in [-0.2, 0) is 14.8 Å². The third-order valence-corrected chi connectivity index (χ3v) is 9.43. The van der Waals surface area contributed by atoms with Crippen LogP contribution in [0.4, 0.5) is 14.6 Å². The van der Waals surface area contributed by atoms with E-state index in [1.165, 1.54) is 6.07 Å². The maximum Gasteiger partial charge on any atom is 0.291 e. The second kappa shape index (κ2) is 8.70. The molecular formula is C22H23F2N7O3S2. The highest BCUT2D eigenvalue weighted by Crippen LogP contribution is 2.38. The van der Waals surface area contributed by atoms with E-state index >= 15 is 0 Å². The summed E-state index contributed by atoms with van der Waals surface area (Å²) in [5, 5.41) is 16.8. The lowest BCUT2D eigenvalue weighted by atomic mass is 10.1. The molecule has 3 aliphatic rings. The first-order chi connectivity index (χ1) is 17.3. The molecule has 2 saturated heterocycles. The van der Waals surface area contributed by atoms with Crippen LogP contribution in [0.5, 0.6) is 0 Å². The minimum absolute atomic E-state index is 0.00685. The van der Waals surface area contributed by atoms with Crippen LogP contribution in [0.1, 0.15) is 24.3 Å². The monoisotopic (exact) mass is 535 g/mol. The Kier molecular flexibility index (Phi) is 5.73. The van der Waals surface area contributed by atoms with Crippen molar-refractivity contribution in [2.24, 2.45) is 0 Å². The Morgan fingerprint density at radius 3 is 2.81 bits per heavy atom. The van der Waals surface area contributed by atoms with E-state index in [1.54, 1.807) is 18.3 Å². The number of hydrogen-bond donors (Lipinski definition) is 1. The average molecular weight is 536 g/mol. The van der Waals surface area contributed by atoms with Crippen LogP contribution in [0.25, 0.3) is 16.1 Å². The summed E-state index contributed by atoms with van der Waals surface area (Å²) in [6, 6.07) is 7.08. The number of nitrogens with one attached hydrogen (secondary N) is 1. The average Bonchev–Trinajstić information content (AvgIpc) is 3.26. The van der Waals surface area contributed by atoms with Crippen LogP contribution in [0.3, 0.4) is 0 Å². The summed E-state index contributed by atoms with van der Waals surface area (Å²) in [4.78, 5) is 4.50. The SMILES string of the molecule is N#CC1(NS(=O)(=O)c2cc(N3CCN4CCOC[C@H]4C3)n3ccc(-c4nnc(C(F)F)s4)c3c2)CC1. The van der Waals surface area contributed by atoms with Gasteiger partial charge in [-0.1, -0.05) is 11.3 Å². The van der Waals surface area contributed by atoms with Gasteiger partial charge in [0.15, 0.2) is 5.01 Å². The van der Waals surface area contributed by atoms with Gasteiger partial charge in [0.25, 0.3) is 6.43 Å². The Bertz CT molecular complexity index is 1460. The molecule has 1 saturated carbocycles. The molecule has 0 aromatic carbocycles. The molecule has 0 spiro atoms. The summed E-state index contributed by atoms with van der Waals surface area (Å²) in [5.41, 5.74) is -0.0559. The Hall–Kier alpha value is -2.70. The lowest BCUT2D eigenvalue weighted by Gasteiger charge is -2.44. The molecule has 1 N–H and O–H groups in total. The molecule has 3 aromatic rings. The van der Waals surface area contributed by atoms with Gasteiger partial charge in [0.2, 0.25) is 10.0 Å². The summed E-state index contributed by atoms with van der Waals surface area (Å²) in [5.74, 6) is 0.657. The Balaban J connectivity index is 1.46. The second-order valence-electron chi connectivity index (χ2n) is 9.29. The Morgan fingerprint density at radius 1 is 1.25 bits per heavy atom. The van der Waals surface area contributed by atoms with Crippen molar-refractivity contribution in [3.63, 3.8) is 0 Å². The second-order valence-corrected chi connectivity index (χ2v) is 12.0. The molecule has 190 valence electrons. The summed E-state index contributed by atoms with van der Waals surface area (Å²) >= 11 is 0.776. The van der Waals surface area contributed by atoms with Crippen LogP contribution in [0, 0.1) is 11.3 Å². The van der Waals surface area contributed by atoms with Gasteiger partial charge in [-0.25, -0.2) is 17.2 Å². The summed E-state index contributed by atoms with van der Waals surface area (Å²) in [6.07, 6.45) is -0.0391. The van der Waals surface area contributed by atoms with Crippen molar-refractivity contribution in [3.05, 3.63) is 29.4 Å². The van der Waals surface area contributed by atoms with Crippen LogP contribution in [0.2, 0.25) is 0 Å². The third-order valence-electron chi connectivity index (χ3n) is 6.95. The van der Waals surface area contributed by atoms with Crippen LogP contribution >= 0.6 is 11.3 Å². The number of alkyl halides is 2. The predicted octanol–water partition coefficient (Wildman–Crippen LogP) is 2.25.